The molecule has 0 aliphatic carbocycles. The number of halogens is 2. The molecular weight excluding hydrogens is 405 g/mol. The van der Waals surface area contributed by atoms with Crippen molar-refractivity contribution in [3.8, 4) is 0 Å². The van der Waals surface area contributed by atoms with Crippen LogP contribution in [0.1, 0.15) is 16.7 Å². The van der Waals surface area contributed by atoms with Gasteiger partial charge in [-0.3, -0.25) is 9.59 Å². The number of hydrogen-bond donors (Lipinski definition) is 1. The van der Waals surface area contributed by atoms with Gasteiger partial charge in [0.1, 0.15) is 0 Å². The van der Waals surface area contributed by atoms with Crippen molar-refractivity contribution in [2.24, 2.45) is 0 Å². The summed E-state index contributed by atoms with van der Waals surface area (Å²) in [6.07, 6.45) is 0. The number of aliphatic hydroxyl groups excluding tert-OH is 1. The summed E-state index contributed by atoms with van der Waals surface area (Å²) in [6, 6.07) is 10.3. The van der Waals surface area contributed by atoms with E-state index in [-0.39, 0.29) is 17.3 Å². The van der Waals surface area contributed by atoms with Crippen molar-refractivity contribution in [1.82, 2.24) is 0 Å². The van der Waals surface area contributed by atoms with E-state index in [2.05, 4.69) is 0 Å². The summed E-state index contributed by atoms with van der Waals surface area (Å²) in [7, 11) is 0. The number of thioether (sulfide) groups is 1. The molecule has 0 radical (unpaired) electrons. The smallest absolute Gasteiger partial charge is 0.272 e. The van der Waals surface area contributed by atoms with Gasteiger partial charge in [-0.15, -0.1) is 11.8 Å². The maximum atomic E-state index is 13.2. The van der Waals surface area contributed by atoms with Crippen LogP contribution in [0.5, 0.6) is 0 Å². The topological polar surface area (TPSA) is 57.6 Å². The third kappa shape index (κ3) is 3.78. The zero-order valence-corrected chi connectivity index (χ0v) is 17.1. The van der Waals surface area contributed by atoms with Crippen molar-refractivity contribution in [1.29, 1.82) is 0 Å². The third-order valence-corrected chi connectivity index (χ3v) is 5.93. The van der Waals surface area contributed by atoms with Gasteiger partial charge >= 0.3 is 0 Å². The van der Waals surface area contributed by atoms with Crippen molar-refractivity contribution in [3.05, 3.63) is 68.0 Å². The van der Waals surface area contributed by atoms with E-state index in [1.54, 1.807) is 12.1 Å². The molecule has 0 spiro atoms. The molecule has 1 aliphatic heterocycles. The number of rotatable bonds is 5. The van der Waals surface area contributed by atoms with Gasteiger partial charge in [-0.2, -0.15) is 0 Å². The van der Waals surface area contributed by atoms with Crippen LogP contribution >= 0.6 is 35.0 Å². The molecule has 2 amide bonds. The summed E-state index contributed by atoms with van der Waals surface area (Å²) in [6.45, 7) is 3.83. The van der Waals surface area contributed by atoms with Gasteiger partial charge in [0.05, 0.1) is 27.8 Å². The van der Waals surface area contributed by atoms with Gasteiger partial charge in [0.15, 0.2) is 0 Å². The number of hydrogen-bond acceptors (Lipinski definition) is 4. The predicted octanol–water partition coefficient (Wildman–Crippen LogP) is 4.62. The number of nitrogens with zero attached hydrogens (tertiary/aromatic N) is 1. The van der Waals surface area contributed by atoms with Crippen molar-refractivity contribution in [2.45, 2.75) is 13.8 Å². The highest BCUT2D eigenvalue weighted by Crippen LogP contribution is 2.41. The molecule has 140 valence electrons. The van der Waals surface area contributed by atoms with E-state index in [0.717, 1.165) is 27.8 Å². The fourth-order valence-electron chi connectivity index (χ4n) is 2.82. The highest BCUT2D eigenvalue weighted by molar-refractivity contribution is 8.04. The molecular formula is C20H17Cl2NO3S. The summed E-state index contributed by atoms with van der Waals surface area (Å²) < 4.78 is 0. The minimum absolute atomic E-state index is 0.103. The SMILES string of the molecule is Cc1ccc(C2=C(SCCO)C(=O)N(c3cc(Cl)ccc3Cl)C2=O)cc1C. The van der Waals surface area contributed by atoms with Gasteiger partial charge in [-0.1, -0.05) is 41.4 Å². The summed E-state index contributed by atoms with van der Waals surface area (Å²) >= 11 is 13.4. The first-order valence-corrected chi connectivity index (χ1v) is 9.98. The van der Waals surface area contributed by atoms with Crippen LogP contribution in [0.2, 0.25) is 10.0 Å². The Morgan fingerprint density at radius 2 is 1.74 bits per heavy atom. The number of imide groups is 1. The van der Waals surface area contributed by atoms with Crippen molar-refractivity contribution >= 4 is 58.0 Å². The largest absolute Gasteiger partial charge is 0.396 e. The van der Waals surface area contributed by atoms with Gasteiger partial charge in [-0.05, 0) is 48.7 Å². The van der Waals surface area contributed by atoms with Crippen molar-refractivity contribution in [3.63, 3.8) is 0 Å². The second-order valence-electron chi connectivity index (χ2n) is 6.12. The lowest BCUT2D eigenvalue weighted by Gasteiger charge is -2.17. The Kier molecular flexibility index (Phi) is 5.96. The summed E-state index contributed by atoms with van der Waals surface area (Å²) in [5, 5.41) is 9.82. The maximum Gasteiger partial charge on any atom is 0.272 e. The zero-order valence-electron chi connectivity index (χ0n) is 14.8. The maximum absolute atomic E-state index is 13.2. The van der Waals surface area contributed by atoms with Crippen LogP contribution in [-0.2, 0) is 9.59 Å². The third-order valence-electron chi connectivity index (χ3n) is 4.32. The van der Waals surface area contributed by atoms with Crippen molar-refractivity contribution < 1.29 is 14.7 Å². The zero-order chi connectivity index (χ0) is 19.7. The first-order valence-electron chi connectivity index (χ1n) is 8.24. The van der Waals surface area contributed by atoms with E-state index in [0.29, 0.717) is 26.8 Å². The normalized spacial score (nSPS) is 14.5. The fraction of sp³-hybridized carbons (Fsp3) is 0.200. The van der Waals surface area contributed by atoms with Crippen LogP contribution in [0.15, 0.2) is 41.3 Å². The monoisotopic (exact) mass is 421 g/mol. The summed E-state index contributed by atoms with van der Waals surface area (Å²) in [5.74, 6) is -0.608. The van der Waals surface area contributed by atoms with E-state index < -0.39 is 11.8 Å². The molecule has 2 aromatic carbocycles. The van der Waals surface area contributed by atoms with Gasteiger partial charge < -0.3 is 5.11 Å². The quantitative estimate of drug-likeness (QED) is 0.715. The van der Waals surface area contributed by atoms with Crippen LogP contribution in [0.4, 0.5) is 5.69 Å². The summed E-state index contributed by atoms with van der Waals surface area (Å²) in [5.41, 5.74) is 3.34. The minimum Gasteiger partial charge on any atom is -0.396 e. The standard InChI is InChI=1S/C20H17Cl2NO3S/c1-11-3-4-13(9-12(11)2)17-18(27-8-7-24)20(26)23(19(17)25)16-10-14(21)5-6-15(16)22/h3-6,9-10,24H,7-8H2,1-2H3. The number of carbonyl (C=O) groups excluding carboxylic acids is 2. The molecule has 1 N–H and O–H groups in total. The second kappa shape index (κ2) is 8.07. The molecule has 0 atom stereocenters. The molecule has 0 aromatic heterocycles. The molecule has 0 saturated heterocycles. The Bertz CT molecular complexity index is 972. The molecule has 2 aromatic rings. The molecule has 0 bridgehead atoms. The van der Waals surface area contributed by atoms with Gasteiger partial charge in [0.2, 0.25) is 0 Å². The molecule has 0 saturated carbocycles. The lowest BCUT2D eigenvalue weighted by molar-refractivity contribution is -0.119. The Morgan fingerprint density at radius 3 is 2.41 bits per heavy atom. The highest BCUT2D eigenvalue weighted by Gasteiger charge is 2.41. The Balaban J connectivity index is 2.14. The fourth-order valence-corrected chi connectivity index (χ4v) is 4.05. The number of aliphatic hydroxyl groups is 1. The average molecular weight is 422 g/mol. The molecule has 1 heterocycles. The first kappa shape index (κ1) is 20.0. The van der Waals surface area contributed by atoms with Gasteiger partial charge in [-0.25, -0.2) is 4.90 Å². The van der Waals surface area contributed by atoms with E-state index >= 15 is 0 Å². The van der Waals surface area contributed by atoms with Crippen LogP contribution in [0.25, 0.3) is 5.57 Å². The number of carbonyl (C=O) groups is 2. The van der Waals surface area contributed by atoms with Gasteiger partial charge in [0, 0.05) is 10.8 Å². The Labute approximate surface area is 171 Å². The van der Waals surface area contributed by atoms with Crippen LogP contribution in [0.3, 0.4) is 0 Å². The van der Waals surface area contributed by atoms with Gasteiger partial charge in [0.25, 0.3) is 11.8 Å². The minimum atomic E-state index is -0.462. The Hall–Kier alpha value is -1.79. The lowest BCUT2D eigenvalue weighted by Crippen LogP contribution is -2.31. The molecule has 1 aliphatic rings. The molecule has 0 unspecified atom stereocenters. The number of benzene rings is 2. The number of amides is 2. The molecule has 27 heavy (non-hydrogen) atoms. The molecule has 0 fully saturated rings. The summed E-state index contributed by atoms with van der Waals surface area (Å²) in [4.78, 5) is 27.6. The number of aryl methyl sites for hydroxylation is 2. The van der Waals surface area contributed by atoms with Crippen LogP contribution in [0, 0.1) is 13.8 Å². The average Bonchev–Trinajstić information content (AvgIpc) is 2.88. The van der Waals surface area contributed by atoms with E-state index in [1.165, 1.54) is 6.07 Å². The lowest BCUT2D eigenvalue weighted by atomic mass is 10.0. The molecule has 3 rings (SSSR count). The molecule has 4 nitrogen and oxygen atoms in total. The van der Waals surface area contributed by atoms with Crippen LogP contribution in [-0.4, -0.2) is 29.3 Å². The number of anilines is 1. The van der Waals surface area contributed by atoms with Crippen molar-refractivity contribution in [2.75, 3.05) is 17.3 Å². The van der Waals surface area contributed by atoms with Crippen LogP contribution < -0.4 is 4.90 Å². The van der Waals surface area contributed by atoms with E-state index in [4.69, 9.17) is 23.2 Å². The van der Waals surface area contributed by atoms with E-state index in [1.807, 2.05) is 32.0 Å². The predicted molar refractivity (Wildman–Crippen MR) is 111 cm³/mol. The Morgan fingerprint density at radius 1 is 1.00 bits per heavy atom. The highest BCUT2D eigenvalue weighted by atomic mass is 35.5. The first-order chi connectivity index (χ1) is 12.8. The molecule has 7 heteroatoms. The van der Waals surface area contributed by atoms with E-state index in [9.17, 15) is 14.7 Å². The second-order valence-corrected chi connectivity index (χ2v) is 8.07.